The van der Waals surface area contributed by atoms with Crippen molar-refractivity contribution in [2.24, 2.45) is 0 Å². The maximum absolute atomic E-state index is 12.2. The normalized spacial score (nSPS) is 25.0. The number of carbonyl (C=O) groups is 1. The number of hydrogen-bond donors (Lipinski definition) is 2. The molecular formula is C18H21N3O2S. The summed E-state index contributed by atoms with van der Waals surface area (Å²) in [5, 5.41) is 6.49. The lowest BCUT2D eigenvalue weighted by molar-refractivity contribution is 0.0984. The SMILES string of the molecule is Cc1ccc(-c2cnc(NC(=O)N[C@@H]3C[C@H]4CC[C@H]3O4)s2)c(C)c1. The fourth-order valence-electron chi connectivity index (χ4n) is 3.64. The molecule has 0 saturated carbocycles. The van der Waals surface area contributed by atoms with Crippen molar-refractivity contribution in [2.45, 2.75) is 51.4 Å². The molecule has 2 aliphatic rings. The van der Waals surface area contributed by atoms with Gasteiger partial charge in [-0.2, -0.15) is 0 Å². The smallest absolute Gasteiger partial charge is 0.321 e. The number of thiazole rings is 1. The second-order valence-electron chi connectivity index (χ2n) is 6.66. The van der Waals surface area contributed by atoms with Gasteiger partial charge in [0.05, 0.1) is 23.1 Å². The number of amides is 2. The number of anilines is 1. The zero-order valence-electron chi connectivity index (χ0n) is 13.8. The number of nitrogens with one attached hydrogen (secondary N) is 2. The number of fused-ring (bicyclic) bond motifs is 2. The van der Waals surface area contributed by atoms with Crippen LogP contribution in [-0.2, 0) is 4.74 Å². The average molecular weight is 343 g/mol. The molecule has 126 valence electrons. The van der Waals surface area contributed by atoms with E-state index in [2.05, 4.69) is 47.7 Å². The van der Waals surface area contributed by atoms with Crippen molar-refractivity contribution in [3.8, 4) is 10.4 Å². The van der Waals surface area contributed by atoms with E-state index in [4.69, 9.17) is 4.74 Å². The van der Waals surface area contributed by atoms with Crippen LogP contribution in [0.2, 0.25) is 0 Å². The number of rotatable bonds is 3. The summed E-state index contributed by atoms with van der Waals surface area (Å²) in [6.45, 7) is 4.18. The molecule has 3 atom stereocenters. The van der Waals surface area contributed by atoms with E-state index in [9.17, 15) is 4.79 Å². The molecule has 2 bridgehead atoms. The Morgan fingerprint density at radius 2 is 2.21 bits per heavy atom. The highest BCUT2D eigenvalue weighted by Crippen LogP contribution is 2.35. The summed E-state index contributed by atoms with van der Waals surface area (Å²) >= 11 is 1.49. The van der Waals surface area contributed by atoms with Crippen LogP contribution in [0.1, 0.15) is 30.4 Å². The Balaban J connectivity index is 1.40. The lowest BCUT2D eigenvalue weighted by atomic mass is 9.96. The molecule has 1 aromatic heterocycles. The largest absolute Gasteiger partial charge is 0.373 e. The van der Waals surface area contributed by atoms with Gasteiger partial charge in [0, 0.05) is 6.20 Å². The molecule has 24 heavy (non-hydrogen) atoms. The molecular weight excluding hydrogens is 322 g/mol. The van der Waals surface area contributed by atoms with Crippen molar-refractivity contribution >= 4 is 22.5 Å². The highest BCUT2D eigenvalue weighted by molar-refractivity contribution is 7.19. The van der Waals surface area contributed by atoms with Crippen LogP contribution in [0.3, 0.4) is 0 Å². The second-order valence-corrected chi connectivity index (χ2v) is 7.69. The van der Waals surface area contributed by atoms with Crippen molar-refractivity contribution in [1.29, 1.82) is 0 Å². The van der Waals surface area contributed by atoms with Gasteiger partial charge in [-0.3, -0.25) is 5.32 Å². The van der Waals surface area contributed by atoms with Gasteiger partial charge >= 0.3 is 6.03 Å². The molecule has 0 aliphatic carbocycles. The topological polar surface area (TPSA) is 63.2 Å². The van der Waals surface area contributed by atoms with E-state index in [0.29, 0.717) is 11.2 Å². The molecule has 0 radical (unpaired) electrons. The van der Waals surface area contributed by atoms with Crippen LogP contribution in [0.4, 0.5) is 9.93 Å². The molecule has 2 amide bonds. The molecule has 4 rings (SSSR count). The summed E-state index contributed by atoms with van der Waals surface area (Å²) in [5.74, 6) is 0. The molecule has 1 aromatic carbocycles. The quantitative estimate of drug-likeness (QED) is 0.889. The van der Waals surface area contributed by atoms with Crippen LogP contribution in [0.5, 0.6) is 0 Å². The molecule has 0 spiro atoms. The highest BCUT2D eigenvalue weighted by Gasteiger charge is 2.41. The summed E-state index contributed by atoms with van der Waals surface area (Å²) in [6, 6.07) is 6.29. The van der Waals surface area contributed by atoms with Crippen LogP contribution in [0.25, 0.3) is 10.4 Å². The third-order valence-electron chi connectivity index (χ3n) is 4.80. The minimum absolute atomic E-state index is 0.127. The van der Waals surface area contributed by atoms with Crippen LogP contribution in [0, 0.1) is 13.8 Å². The monoisotopic (exact) mass is 343 g/mol. The fourth-order valence-corrected chi connectivity index (χ4v) is 4.54. The first-order valence-electron chi connectivity index (χ1n) is 8.35. The van der Waals surface area contributed by atoms with E-state index in [1.165, 1.54) is 22.5 Å². The van der Waals surface area contributed by atoms with Gasteiger partial charge in [-0.05, 0) is 44.2 Å². The zero-order valence-corrected chi connectivity index (χ0v) is 14.7. The number of nitrogens with zero attached hydrogens (tertiary/aromatic N) is 1. The second kappa shape index (κ2) is 6.18. The predicted octanol–water partition coefficient (Wildman–Crippen LogP) is 3.87. The van der Waals surface area contributed by atoms with Gasteiger partial charge in [0.25, 0.3) is 0 Å². The maximum Gasteiger partial charge on any atom is 0.321 e. The molecule has 6 heteroatoms. The molecule has 5 nitrogen and oxygen atoms in total. The number of ether oxygens (including phenoxy) is 1. The third kappa shape index (κ3) is 3.03. The number of hydrogen-bond acceptors (Lipinski definition) is 4. The van der Waals surface area contributed by atoms with E-state index < -0.39 is 0 Å². The van der Waals surface area contributed by atoms with Gasteiger partial charge in [-0.1, -0.05) is 35.1 Å². The van der Waals surface area contributed by atoms with Crippen molar-refractivity contribution in [1.82, 2.24) is 10.3 Å². The standard InChI is InChI=1S/C18H21N3O2S/c1-10-3-5-13(11(2)7-10)16-9-19-18(24-16)21-17(22)20-14-8-12-4-6-15(14)23-12/h3,5,7,9,12,14-15H,4,6,8H2,1-2H3,(H2,19,20,21,22)/t12-,14-,15-/m1/s1. The number of aryl methyl sites for hydroxylation is 2. The molecule has 2 aliphatic heterocycles. The van der Waals surface area contributed by atoms with Crippen LogP contribution in [-0.4, -0.2) is 29.3 Å². The minimum Gasteiger partial charge on any atom is -0.373 e. The van der Waals surface area contributed by atoms with E-state index >= 15 is 0 Å². The Bertz CT molecular complexity index is 773. The van der Waals surface area contributed by atoms with Crippen molar-refractivity contribution in [2.75, 3.05) is 5.32 Å². The molecule has 2 saturated heterocycles. The van der Waals surface area contributed by atoms with Crippen LogP contribution < -0.4 is 10.6 Å². The van der Waals surface area contributed by atoms with Gasteiger partial charge in [0.2, 0.25) is 0 Å². The van der Waals surface area contributed by atoms with Crippen LogP contribution in [0.15, 0.2) is 24.4 Å². The number of urea groups is 1. The lowest BCUT2D eigenvalue weighted by Crippen LogP contribution is -2.43. The summed E-state index contributed by atoms with van der Waals surface area (Å²) in [5.41, 5.74) is 3.62. The lowest BCUT2D eigenvalue weighted by Gasteiger charge is -2.19. The van der Waals surface area contributed by atoms with E-state index in [-0.39, 0.29) is 18.2 Å². The Hall–Kier alpha value is -1.92. The number of benzene rings is 1. The first-order valence-corrected chi connectivity index (χ1v) is 9.16. The van der Waals surface area contributed by atoms with E-state index in [0.717, 1.165) is 29.7 Å². The van der Waals surface area contributed by atoms with Gasteiger partial charge in [0.1, 0.15) is 0 Å². The summed E-state index contributed by atoms with van der Waals surface area (Å²) < 4.78 is 5.77. The molecule has 2 N–H and O–H groups in total. The summed E-state index contributed by atoms with van der Waals surface area (Å²) in [6.07, 6.45) is 5.42. The molecule has 2 aromatic rings. The van der Waals surface area contributed by atoms with Crippen molar-refractivity contribution in [3.63, 3.8) is 0 Å². The molecule has 2 fully saturated rings. The highest BCUT2D eigenvalue weighted by atomic mass is 32.1. The van der Waals surface area contributed by atoms with Crippen molar-refractivity contribution < 1.29 is 9.53 Å². The van der Waals surface area contributed by atoms with E-state index in [1.807, 2.05) is 6.20 Å². The van der Waals surface area contributed by atoms with Gasteiger partial charge < -0.3 is 10.1 Å². The van der Waals surface area contributed by atoms with Gasteiger partial charge in [-0.15, -0.1) is 0 Å². The Kier molecular flexibility index (Phi) is 4.02. The van der Waals surface area contributed by atoms with Gasteiger partial charge in [0.15, 0.2) is 5.13 Å². The fraction of sp³-hybridized carbons (Fsp3) is 0.444. The molecule has 0 unspecified atom stereocenters. The number of aromatic nitrogens is 1. The summed E-state index contributed by atoms with van der Waals surface area (Å²) in [7, 11) is 0. The minimum atomic E-state index is -0.197. The third-order valence-corrected chi connectivity index (χ3v) is 5.74. The maximum atomic E-state index is 12.2. The first kappa shape index (κ1) is 15.6. The average Bonchev–Trinajstić information content (AvgIpc) is 3.24. The van der Waals surface area contributed by atoms with Crippen LogP contribution >= 0.6 is 11.3 Å². The Labute approximate surface area is 145 Å². The van der Waals surface area contributed by atoms with Crippen molar-refractivity contribution in [3.05, 3.63) is 35.5 Å². The zero-order chi connectivity index (χ0) is 16.7. The van der Waals surface area contributed by atoms with E-state index in [1.54, 1.807) is 0 Å². The first-order chi connectivity index (χ1) is 11.6. The number of carbonyl (C=O) groups excluding carboxylic acids is 1. The Morgan fingerprint density at radius 1 is 1.33 bits per heavy atom. The Morgan fingerprint density at radius 3 is 2.92 bits per heavy atom. The predicted molar refractivity (Wildman–Crippen MR) is 95.5 cm³/mol. The summed E-state index contributed by atoms with van der Waals surface area (Å²) in [4.78, 5) is 17.6. The van der Waals surface area contributed by atoms with Gasteiger partial charge in [-0.25, -0.2) is 9.78 Å². The molecule has 3 heterocycles.